The van der Waals surface area contributed by atoms with E-state index in [2.05, 4.69) is 0 Å². The van der Waals surface area contributed by atoms with Crippen molar-refractivity contribution < 1.29 is 14.8 Å². The Morgan fingerprint density at radius 1 is 1.33 bits per heavy atom. The van der Waals surface area contributed by atoms with E-state index in [1.54, 1.807) is 18.2 Å². The van der Waals surface area contributed by atoms with Crippen molar-refractivity contribution in [1.29, 1.82) is 0 Å². The van der Waals surface area contributed by atoms with E-state index in [0.717, 1.165) is 22.2 Å². The number of aryl methyl sites for hydroxylation is 1. The quantitative estimate of drug-likeness (QED) is 0.387. The summed E-state index contributed by atoms with van der Waals surface area (Å²) >= 11 is 2.54. The number of carbonyl (C=O) groups is 1. The van der Waals surface area contributed by atoms with Gasteiger partial charge in [-0.25, -0.2) is 4.79 Å². The average molecular weight is 321 g/mol. The van der Waals surface area contributed by atoms with Crippen LogP contribution >= 0.6 is 23.1 Å². The summed E-state index contributed by atoms with van der Waals surface area (Å²) in [5.74, 6) is -1.02. The van der Waals surface area contributed by atoms with Gasteiger partial charge in [0.1, 0.15) is 0 Å². The SMILES string of the molecule is Cc1ccsc1/C=C(/Sc1ccc([N+](=O)[O-])cc1)C(=O)O. The number of rotatable bonds is 5. The number of non-ortho nitro benzene ring substituents is 1. The first-order valence-corrected chi connectivity index (χ1v) is 7.58. The van der Waals surface area contributed by atoms with Crippen LogP contribution < -0.4 is 0 Å². The summed E-state index contributed by atoms with van der Waals surface area (Å²) in [7, 11) is 0. The number of hydrogen-bond donors (Lipinski definition) is 1. The highest BCUT2D eigenvalue weighted by Crippen LogP contribution is 2.31. The highest BCUT2D eigenvalue weighted by Gasteiger charge is 2.12. The Labute approximate surface area is 129 Å². The van der Waals surface area contributed by atoms with E-state index in [1.165, 1.54) is 23.5 Å². The molecule has 0 saturated carbocycles. The number of nitro groups is 1. The summed E-state index contributed by atoms with van der Waals surface area (Å²) in [6, 6.07) is 7.73. The fourth-order valence-electron chi connectivity index (χ4n) is 1.55. The van der Waals surface area contributed by atoms with E-state index < -0.39 is 10.9 Å². The van der Waals surface area contributed by atoms with Gasteiger partial charge >= 0.3 is 5.97 Å². The number of benzene rings is 1. The fraction of sp³-hybridized carbons (Fsp3) is 0.0714. The van der Waals surface area contributed by atoms with E-state index in [0.29, 0.717) is 4.90 Å². The molecule has 0 aliphatic carbocycles. The highest BCUT2D eigenvalue weighted by atomic mass is 32.2. The molecule has 1 aromatic carbocycles. The smallest absolute Gasteiger partial charge is 0.342 e. The molecule has 0 radical (unpaired) electrons. The molecule has 1 heterocycles. The lowest BCUT2D eigenvalue weighted by molar-refractivity contribution is -0.384. The largest absolute Gasteiger partial charge is 0.477 e. The Hall–Kier alpha value is -2.12. The van der Waals surface area contributed by atoms with E-state index in [-0.39, 0.29) is 10.6 Å². The van der Waals surface area contributed by atoms with E-state index in [9.17, 15) is 20.0 Å². The molecule has 5 nitrogen and oxygen atoms in total. The minimum absolute atomic E-state index is 0.0192. The zero-order valence-electron chi connectivity index (χ0n) is 11.0. The number of carboxylic acid groups (broad SMARTS) is 1. The molecule has 0 spiro atoms. The topological polar surface area (TPSA) is 80.4 Å². The molecule has 7 heteroatoms. The zero-order valence-corrected chi connectivity index (χ0v) is 12.6. The highest BCUT2D eigenvalue weighted by molar-refractivity contribution is 8.04. The van der Waals surface area contributed by atoms with Crippen LogP contribution in [0.4, 0.5) is 5.69 Å². The summed E-state index contributed by atoms with van der Waals surface area (Å²) in [6.07, 6.45) is 1.62. The predicted octanol–water partition coefficient (Wildman–Crippen LogP) is 4.18. The Bertz CT molecular complexity index is 704. The van der Waals surface area contributed by atoms with Crippen LogP contribution in [0.3, 0.4) is 0 Å². The van der Waals surface area contributed by atoms with Crippen molar-refractivity contribution in [2.75, 3.05) is 0 Å². The number of aliphatic carboxylic acids is 1. The third-order valence-corrected chi connectivity index (χ3v) is 4.64. The lowest BCUT2D eigenvalue weighted by Crippen LogP contribution is -1.96. The van der Waals surface area contributed by atoms with Crippen molar-refractivity contribution in [3.63, 3.8) is 0 Å². The molecule has 0 unspecified atom stereocenters. The Kier molecular flexibility index (Phi) is 4.77. The van der Waals surface area contributed by atoms with Crippen molar-refractivity contribution in [3.05, 3.63) is 61.2 Å². The maximum atomic E-state index is 11.3. The maximum Gasteiger partial charge on any atom is 0.342 e. The molecule has 0 fully saturated rings. The van der Waals surface area contributed by atoms with Crippen LogP contribution in [0.15, 0.2) is 45.5 Å². The molecule has 0 bridgehead atoms. The summed E-state index contributed by atoms with van der Waals surface area (Å²) in [5.41, 5.74) is 0.998. The molecule has 1 aromatic heterocycles. The molecule has 0 saturated heterocycles. The number of nitrogens with zero attached hydrogens (tertiary/aromatic N) is 1. The van der Waals surface area contributed by atoms with E-state index >= 15 is 0 Å². The number of nitro benzene ring substituents is 1. The van der Waals surface area contributed by atoms with Gasteiger partial charge in [-0.05, 0) is 42.1 Å². The molecule has 0 atom stereocenters. The average Bonchev–Trinajstić information content (AvgIpc) is 2.84. The number of thiophene rings is 1. The van der Waals surface area contributed by atoms with Crippen molar-refractivity contribution >= 4 is 40.8 Å². The van der Waals surface area contributed by atoms with Crippen LogP contribution in [0.1, 0.15) is 10.4 Å². The van der Waals surface area contributed by atoms with Crippen LogP contribution in [-0.2, 0) is 4.79 Å². The predicted molar refractivity (Wildman–Crippen MR) is 83.6 cm³/mol. The van der Waals surface area contributed by atoms with Crippen molar-refractivity contribution in [2.45, 2.75) is 11.8 Å². The maximum absolute atomic E-state index is 11.3. The van der Waals surface area contributed by atoms with Crippen molar-refractivity contribution in [2.24, 2.45) is 0 Å². The van der Waals surface area contributed by atoms with Crippen LogP contribution in [-0.4, -0.2) is 16.0 Å². The molecular weight excluding hydrogens is 310 g/mol. The van der Waals surface area contributed by atoms with Gasteiger partial charge < -0.3 is 5.11 Å². The minimum atomic E-state index is -1.02. The standard InChI is InChI=1S/C14H11NO4S2/c1-9-6-7-20-12(9)8-13(14(16)17)21-11-4-2-10(3-5-11)15(18)19/h2-8H,1H3,(H,16,17)/b13-8+. The summed E-state index contributed by atoms with van der Waals surface area (Å²) in [5, 5.41) is 21.8. The van der Waals surface area contributed by atoms with Gasteiger partial charge in [-0.3, -0.25) is 10.1 Å². The van der Waals surface area contributed by atoms with E-state index in [1.807, 2.05) is 18.4 Å². The van der Waals surface area contributed by atoms with Gasteiger partial charge in [0.15, 0.2) is 0 Å². The summed E-state index contributed by atoms with van der Waals surface area (Å²) < 4.78 is 0. The van der Waals surface area contributed by atoms with Crippen molar-refractivity contribution in [3.8, 4) is 0 Å². The lowest BCUT2D eigenvalue weighted by Gasteiger charge is -2.02. The molecule has 0 amide bonds. The second kappa shape index (κ2) is 6.55. The first-order valence-electron chi connectivity index (χ1n) is 5.89. The first kappa shape index (κ1) is 15.3. The van der Waals surface area contributed by atoms with Crippen LogP contribution in [0.5, 0.6) is 0 Å². The van der Waals surface area contributed by atoms with Gasteiger partial charge in [0.2, 0.25) is 0 Å². The molecule has 2 rings (SSSR count). The van der Waals surface area contributed by atoms with Gasteiger partial charge in [-0.15, -0.1) is 11.3 Å². The monoisotopic (exact) mass is 321 g/mol. The summed E-state index contributed by atoms with van der Waals surface area (Å²) in [4.78, 5) is 23.1. The third kappa shape index (κ3) is 3.93. The second-order valence-electron chi connectivity index (χ2n) is 4.13. The number of carboxylic acids is 1. The number of thioether (sulfide) groups is 1. The van der Waals surface area contributed by atoms with Crippen molar-refractivity contribution in [1.82, 2.24) is 0 Å². The van der Waals surface area contributed by atoms with Crippen LogP contribution in [0.2, 0.25) is 0 Å². The molecule has 0 aliphatic heterocycles. The zero-order chi connectivity index (χ0) is 15.4. The molecule has 1 N–H and O–H groups in total. The number of hydrogen-bond acceptors (Lipinski definition) is 5. The molecule has 108 valence electrons. The van der Waals surface area contributed by atoms with Gasteiger partial charge in [0.05, 0.1) is 9.83 Å². The molecule has 21 heavy (non-hydrogen) atoms. The Morgan fingerprint density at radius 2 is 2.00 bits per heavy atom. The first-order chi connectivity index (χ1) is 9.97. The van der Waals surface area contributed by atoms with E-state index in [4.69, 9.17) is 0 Å². The molecular formula is C14H11NO4S2. The molecule has 0 aliphatic rings. The Balaban J connectivity index is 2.25. The lowest BCUT2D eigenvalue weighted by atomic mass is 10.3. The van der Waals surface area contributed by atoms with Gasteiger partial charge in [-0.1, -0.05) is 11.8 Å². The fourth-order valence-corrected chi connectivity index (χ4v) is 3.27. The summed E-state index contributed by atoms with van der Waals surface area (Å²) in [6.45, 7) is 1.92. The third-order valence-electron chi connectivity index (χ3n) is 2.65. The molecule has 2 aromatic rings. The minimum Gasteiger partial charge on any atom is -0.477 e. The van der Waals surface area contributed by atoms with Gasteiger partial charge in [0.25, 0.3) is 5.69 Å². The normalized spacial score (nSPS) is 11.4. The van der Waals surface area contributed by atoms with Gasteiger partial charge in [-0.2, -0.15) is 0 Å². The van der Waals surface area contributed by atoms with Gasteiger partial charge in [0, 0.05) is 21.9 Å². The Morgan fingerprint density at radius 3 is 2.48 bits per heavy atom. The van der Waals surface area contributed by atoms with Crippen LogP contribution in [0, 0.1) is 17.0 Å². The van der Waals surface area contributed by atoms with Crippen LogP contribution in [0.25, 0.3) is 6.08 Å². The second-order valence-corrected chi connectivity index (χ2v) is 6.20.